The van der Waals surface area contributed by atoms with Crippen molar-refractivity contribution < 1.29 is 9.53 Å². The largest absolute Gasteiger partial charge is 0.468 e. The summed E-state index contributed by atoms with van der Waals surface area (Å²) < 4.78 is 3.90. The molecule has 11 heavy (non-hydrogen) atoms. The Balaban J connectivity index is 0. The monoisotopic (exact) mass is 199 g/mol. The molecule has 68 valence electrons. The molecule has 0 spiro atoms. The molecule has 2 N–H and O–H groups in total. The SMILES string of the molecule is COC(=O)[C@@H](N)C(C)(C)S.Cl. The van der Waals surface area contributed by atoms with Gasteiger partial charge in [-0.2, -0.15) is 12.6 Å². The topological polar surface area (TPSA) is 52.3 Å². The van der Waals surface area contributed by atoms with E-state index in [1.807, 2.05) is 0 Å². The zero-order valence-corrected chi connectivity index (χ0v) is 8.54. The van der Waals surface area contributed by atoms with Crippen molar-refractivity contribution in [3.05, 3.63) is 0 Å². The number of nitrogens with two attached hydrogens (primary N) is 1. The molecule has 3 nitrogen and oxygen atoms in total. The Morgan fingerprint density at radius 1 is 1.64 bits per heavy atom. The number of hydrogen-bond acceptors (Lipinski definition) is 4. The molecule has 0 bridgehead atoms. The molecule has 0 aliphatic carbocycles. The Bertz CT molecular complexity index is 135. The highest BCUT2D eigenvalue weighted by Crippen LogP contribution is 2.16. The maximum Gasteiger partial charge on any atom is 0.324 e. The summed E-state index contributed by atoms with van der Waals surface area (Å²) in [6.45, 7) is 3.52. The van der Waals surface area contributed by atoms with Crippen LogP contribution >= 0.6 is 25.0 Å². The van der Waals surface area contributed by atoms with Crippen molar-refractivity contribution in [2.75, 3.05) is 7.11 Å². The Labute approximate surface area is 78.5 Å². The Kier molecular flexibility index (Phi) is 6.02. The van der Waals surface area contributed by atoms with E-state index in [4.69, 9.17) is 5.73 Å². The average molecular weight is 200 g/mol. The fourth-order valence-electron chi connectivity index (χ4n) is 0.415. The lowest BCUT2D eigenvalue weighted by Crippen LogP contribution is -2.45. The van der Waals surface area contributed by atoms with Crippen LogP contribution in [0.25, 0.3) is 0 Å². The Morgan fingerprint density at radius 3 is 2.09 bits per heavy atom. The van der Waals surface area contributed by atoms with Crippen LogP contribution in [0.4, 0.5) is 0 Å². The molecule has 0 aromatic heterocycles. The van der Waals surface area contributed by atoms with Gasteiger partial charge in [-0.05, 0) is 13.8 Å². The van der Waals surface area contributed by atoms with Gasteiger partial charge in [0.15, 0.2) is 0 Å². The van der Waals surface area contributed by atoms with Crippen LogP contribution in [-0.4, -0.2) is 23.9 Å². The number of halogens is 1. The van der Waals surface area contributed by atoms with Crippen molar-refractivity contribution in [3.8, 4) is 0 Å². The molecule has 0 unspecified atom stereocenters. The van der Waals surface area contributed by atoms with E-state index in [-0.39, 0.29) is 12.4 Å². The van der Waals surface area contributed by atoms with Crippen molar-refractivity contribution in [1.29, 1.82) is 0 Å². The predicted octanol–water partition coefficient (Wildman–Crippen LogP) is 0.617. The number of carbonyl (C=O) groups is 1. The molecule has 0 saturated heterocycles. The summed E-state index contributed by atoms with van der Waals surface area (Å²) in [5, 5.41) is 0. The van der Waals surface area contributed by atoms with Gasteiger partial charge in [-0.25, -0.2) is 0 Å². The third-order valence-corrected chi connectivity index (χ3v) is 1.49. The van der Waals surface area contributed by atoms with Gasteiger partial charge in [0.05, 0.1) is 7.11 Å². The summed E-state index contributed by atoms with van der Waals surface area (Å²) in [6.07, 6.45) is 0. The van der Waals surface area contributed by atoms with Crippen LogP contribution in [0.1, 0.15) is 13.8 Å². The second kappa shape index (κ2) is 4.85. The van der Waals surface area contributed by atoms with Gasteiger partial charge in [-0.3, -0.25) is 4.79 Å². The van der Waals surface area contributed by atoms with Gasteiger partial charge in [0.1, 0.15) is 6.04 Å². The third-order valence-electron chi connectivity index (χ3n) is 1.22. The fraction of sp³-hybridized carbons (Fsp3) is 0.833. The zero-order chi connectivity index (χ0) is 8.36. The lowest BCUT2D eigenvalue weighted by Gasteiger charge is -2.22. The molecular formula is C6H14ClNO2S. The second-order valence-electron chi connectivity index (χ2n) is 2.65. The number of carbonyl (C=O) groups excluding carboxylic acids is 1. The van der Waals surface area contributed by atoms with Crippen LogP contribution in [0.3, 0.4) is 0 Å². The van der Waals surface area contributed by atoms with Crippen LogP contribution in [0, 0.1) is 0 Å². The van der Waals surface area contributed by atoms with E-state index >= 15 is 0 Å². The minimum atomic E-state index is -0.666. The van der Waals surface area contributed by atoms with E-state index in [1.165, 1.54) is 7.11 Å². The third kappa shape index (κ3) is 4.50. The van der Waals surface area contributed by atoms with Crippen molar-refractivity contribution in [2.45, 2.75) is 24.6 Å². The maximum absolute atomic E-state index is 10.8. The van der Waals surface area contributed by atoms with Crippen LogP contribution in [-0.2, 0) is 9.53 Å². The van der Waals surface area contributed by atoms with Crippen molar-refractivity contribution in [3.63, 3.8) is 0 Å². The number of hydrogen-bond donors (Lipinski definition) is 2. The first-order valence-electron chi connectivity index (χ1n) is 2.95. The molecule has 5 heteroatoms. The van der Waals surface area contributed by atoms with Gasteiger partial charge in [-0.1, -0.05) is 0 Å². The standard InChI is InChI=1S/C6H13NO2S.ClH/c1-6(2,10)4(7)5(8)9-3;/h4,10H,7H2,1-3H3;1H/t4-;/m1./s1. The number of thiol groups is 1. The average Bonchev–Trinajstić information content (AvgIpc) is 1.83. The van der Waals surface area contributed by atoms with E-state index in [1.54, 1.807) is 13.8 Å². The first-order chi connectivity index (χ1) is 4.39. The lowest BCUT2D eigenvalue weighted by molar-refractivity contribution is -0.142. The van der Waals surface area contributed by atoms with Gasteiger partial charge in [0, 0.05) is 4.75 Å². The summed E-state index contributed by atoms with van der Waals surface area (Å²) in [7, 11) is 1.31. The smallest absolute Gasteiger partial charge is 0.324 e. The van der Waals surface area contributed by atoms with Crippen LogP contribution in [0.2, 0.25) is 0 Å². The Morgan fingerprint density at radius 2 is 2.00 bits per heavy atom. The summed E-state index contributed by atoms with van der Waals surface area (Å²) in [5.41, 5.74) is 5.45. The zero-order valence-electron chi connectivity index (χ0n) is 6.83. The maximum atomic E-state index is 10.8. The number of ether oxygens (including phenoxy) is 1. The number of rotatable bonds is 2. The van der Waals surface area contributed by atoms with E-state index in [2.05, 4.69) is 17.4 Å². The van der Waals surface area contributed by atoms with E-state index in [0.717, 1.165) is 0 Å². The highest BCUT2D eigenvalue weighted by atomic mass is 35.5. The van der Waals surface area contributed by atoms with Gasteiger partial charge in [0.2, 0.25) is 0 Å². The van der Waals surface area contributed by atoms with Gasteiger partial charge in [0.25, 0.3) is 0 Å². The summed E-state index contributed by atoms with van der Waals surface area (Å²) in [4.78, 5) is 10.8. The van der Waals surface area contributed by atoms with E-state index in [9.17, 15) is 4.79 Å². The van der Waals surface area contributed by atoms with Gasteiger partial charge in [-0.15, -0.1) is 12.4 Å². The minimum Gasteiger partial charge on any atom is -0.468 e. The van der Waals surface area contributed by atoms with E-state index in [0.29, 0.717) is 0 Å². The molecule has 0 saturated carbocycles. The molecule has 0 aliphatic heterocycles. The van der Waals surface area contributed by atoms with E-state index < -0.39 is 16.8 Å². The normalized spacial score (nSPS) is 13.2. The van der Waals surface area contributed by atoms with Crippen LogP contribution in [0.5, 0.6) is 0 Å². The molecular weight excluding hydrogens is 186 g/mol. The van der Waals surface area contributed by atoms with Gasteiger partial charge < -0.3 is 10.5 Å². The number of esters is 1. The fourth-order valence-corrected chi connectivity index (χ4v) is 0.521. The van der Waals surface area contributed by atoms with Crippen molar-refractivity contribution in [1.82, 2.24) is 0 Å². The number of methoxy groups -OCH3 is 1. The lowest BCUT2D eigenvalue weighted by atomic mass is 10.1. The predicted molar refractivity (Wildman–Crippen MR) is 50.3 cm³/mol. The molecule has 0 amide bonds. The Hall–Kier alpha value is 0.0700. The minimum absolute atomic E-state index is 0. The van der Waals surface area contributed by atoms with Crippen LogP contribution < -0.4 is 5.73 Å². The van der Waals surface area contributed by atoms with Crippen LogP contribution in [0.15, 0.2) is 0 Å². The first kappa shape index (κ1) is 13.6. The molecule has 1 atom stereocenters. The van der Waals surface area contributed by atoms with Gasteiger partial charge >= 0.3 is 5.97 Å². The molecule has 0 aromatic carbocycles. The first-order valence-corrected chi connectivity index (χ1v) is 3.40. The van der Waals surface area contributed by atoms with Crippen molar-refractivity contribution in [2.24, 2.45) is 5.73 Å². The summed E-state index contributed by atoms with van der Waals surface area (Å²) >= 11 is 4.12. The molecule has 0 aromatic rings. The molecule has 0 fully saturated rings. The highest BCUT2D eigenvalue weighted by molar-refractivity contribution is 7.81. The highest BCUT2D eigenvalue weighted by Gasteiger charge is 2.28. The summed E-state index contributed by atoms with van der Waals surface area (Å²) in [6, 6.07) is -0.666. The quantitative estimate of drug-likeness (QED) is 0.507. The molecule has 0 aliphatic rings. The second-order valence-corrected chi connectivity index (χ2v) is 3.81. The van der Waals surface area contributed by atoms with Crippen molar-refractivity contribution >= 4 is 31.0 Å². The molecule has 0 heterocycles. The molecule has 0 radical (unpaired) electrons. The molecule has 0 rings (SSSR count). The summed E-state index contributed by atoms with van der Waals surface area (Å²) in [5.74, 6) is -0.431.